The van der Waals surface area contributed by atoms with E-state index >= 15 is 0 Å². The number of carbonyl (C=O) groups is 1. The molecular weight excluding hydrogens is 272 g/mol. The molecule has 1 N–H and O–H groups in total. The SMILES string of the molecule is CCC(C)N1C(=O)C(C)(CC)NC1c1ccc(Cl)cc1. The van der Waals surface area contributed by atoms with Gasteiger partial charge in [-0.25, -0.2) is 0 Å². The van der Waals surface area contributed by atoms with Gasteiger partial charge in [-0.3, -0.25) is 10.1 Å². The fraction of sp³-hybridized carbons (Fsp3) is 0.562. The first-order chi connectivity index (χ1) is 9.42. The van der Waals surface area contributed by atoms with E-state index in [1.807, 2.05) is 43.0 Å². The quantitative estimate of drug-likeness (QED) is 0.917. The van der Waals surface area contributed by atoms with Gasteiger partial charge < -0.3 is 4.90 Å². The third-order valence-corrected chi connectivity index (χ3v) is 4.65. The van der Waals surface area contributed by atoms with Crippen LogP contribution in [-0.4, -0.2) is 22.4 Å². The Morgan fingerprint density at radius 1 is 1.35 bits per heavy atom. The number of hydrogen-bond donors (Lipinski definition) is 1. The van der Waals surface area contributed by atoms with Crippen molar-refractivity contribution in [3.8, 4) is 0 Å². The first-order valence-electron chi connectivity index (χ1n) is 7.29. The zero-order valence-electron chi connectivity index (χ0n) is 12.6. The van der Waals surface area contributed by atoms with Crippen LogP contribution in [0.25, 0.3) is 0 Å². The zero-order valence-corrected chi connectivity index (χ0v) is 13.4. The Labute approximate surface area is 126 Å². The van der Waals surface area contributed by atoms with Gasteiger partial charge in [0.25, 0.3) is 0 Å². The number of nitrogens with one attached hydrogen (secondary N) is 1. The van der Waals surface area contributed by atoms with Crippen LogP contribution in [0, 0.1) is 0 Å². The number of carbonyl (C=O) groups excluding carboxylic acids is 1. The summed E-state index contributed by atoms with van der Waals surface area (Å²) in [5.41, 5.74) is 0.605. The third kappa shape index (κ3) is 2.57. The predicted octanol–water partition coefficient (Wildman–Crippen LogP) is 3.74. The van der Waals surface area contributed by atoms with Crippen LogP contribution in [0.4, 0.5) is 0 Å². The van der Waals surface area contributed by atoms with Crippen LogP contribution in [0.3, 0.4) is 0 Å². The van der Waals surface area contributed by atoms with Gasteiger partial charge in [0, 0.05) is 11.1 Å². The summed E-state index contributed by atoms with van der Waals surface area (Å²) in [5.74, 6) is 0.189. The van der Waals surface area contributed by atoms with Crippen LogP contribution in [0.15, 0.2) is 24.3 Å². The number of benzene rings is 1. The van der Waals surface area contributed by atoms with Crippen LogP contribution in [0.1, 0.15) is 52.3 Å². The highest BCUT2D eigenvalue weighted by Gasteiger charge is 2.48. The lowest BCUT2D eigenvalue weighted by Gasteiger charge is -2.30. The Kier molecular flexibility index (Phi) is 4.40. The van der Waals surface area contributed by atoms with Gasteiger partial charge in [0.1, 0.15) is 6.17 Å². The topological polar surface area (TPSA) is 32.3 Å². The van der Waals surface area contributed by atoms with Gasteiger partial charge in [-0.2, -0.15) is 0 Å². The first kappa shape index (κ1) is 15.3. The Bertz CT molecular complexity index is 488. The maximum absolute atomic E-state index is 12.7. The number of rotatable bonds is 4. The van der Waals surface area contributed by atoms with Crippen molar-refractivity contribution < 1.29 is 4.79 Å². The fourth-order valence-electron chi connectivity index (χ4n) is 2.63. The van der Waals surface area contributed by atoms with Gasteiger partial charge in [-0.05, 0) is 44.4 Å². The van der Waals surface area contributed by atoms with E-state index < -0.39 is 5.54 Å². The molecule has 3 unspecified atom stereocenters. The van der Waals surface area contributed by atoms with E-state index in [9.17, 15) is 4.79 Å². The van der Waals surface area contributed by atoms with E-state index in [4.69, 9.17) is 11.6 Å². The van der Waals surface area contributed by atoms with Crippen molar-refractivity contribution in [3.63, 3.8) is 0 Å². The number of halogens is 1. The summed E-state index contributed by atoms with van der Waals surface area (Å²) < 4.78 is 0. The summed E-state index contributed by atoms with van der Waals surface area (Å²) in [7, 11) is 0. The minimum absolute atomic E-state index is 0.0698. The highest BCUT2D eigenvalue weighted by Crippen LogP contribution is 2.35. The second-order valence-corrected chi connectivity index (χ2v) is 6.19. The molecule has 0 bridgehead atoms. The molecule has 1 amide bonds. The lowest BCUT2D eigenvalue weighted by molar-refractivity contribution is -0.135. The minimum Gasteiger partial charge on any atom is -0.319 e. The summed E-state index contributed by atoms with van der Waals surface area (Å²) in [6, 6.07) is 7.94. The van der Waals surface area contributed by atoms with E-state index in [1.54, 1.807) is 0 Å². The number of amides is 1. The molecule has 110 valence electrons. The average molecular weight is 295 g/mol. The molecule has 1 aromatic carbocycles. The van der Waals surface area contributed by atoms with Crippen molar-refractivity contribution in [3.05, 3.63) is 34.9 Å². The Balaban J connectivity index is 2.39. The van der Waals surface area contributed by atoms with Crippen molar-refractivity contribution >= 4 is 17.5 Å². The summed E-state index contributed by atoms with van der Waals surface area (Å²) in [6.45, 7) is 8.24. The molecule has 1 aromatic rings. The van der Waals surface area contributed by atoms with Gasteiger partial charge in [-0.15, -0.1) is 0 Å². The molecule has 0 aliphatic carbocycles. The van der Waals surface area contributed by atoms with Gasteiger partial charge in [0.2, 0.25) is 5.91 Å². The lowest BCUT2D eigenvalue weighted by Crippen LogP contribution is -2.44. The molecule has 4 heteroatoms. The lowest BCUT2D eigenvalue weighted by atomic mass is 9.99. The summed E-state index contributed by atoms with van der Waals surface area (Å²) in [4.78, 5) is 14.7. The van der Waals surface area contributed by atoms with Gasteiger partial charge >= 0.3 is 0 Å². The maximum atomic E-state index is 12.7. The maximum Gasteiger partial charge on any atom is 0.244 e. The van der Waals surface area contributed by atoms with E-state index in [2.05, 4.69) is 19.2 Å². The summed E-state index contributed by atoms with van der Waals surface area (Å²) in [5, 5.41) is 4.22. The standard InChI is InChI=1S/C16H23ClN2O/c1-5-11(3)19-14(12-7-9-13(17)10-8-12)18-16(4,6-2)15(19)20/h7-11,14,18H,5-6H2,1-4H3. The molecule has 0 aromatic heterocycles. The van der Waals surface area contributed by atoms with Gasteiger partial charge in [0.15, 0.2) is 0 Å². The van der Waals surface area contributed by atoms with Gasteiger partial charge in [-0.1, -0.05) is 37.6 Å². The Hall–Kier alpha value is -1.06. The van der Waals surface area contributed by atoms with Crippen LogP contribution in [0.2, 0.25) is 5.02 Å². The van der Waals surface area contributed by atoms with Crippen LogP contribution in [-0.2, 0) is 4.79 Å². The normalized spacial score (nSPS) is 27.9. The van der Waals surface area contributed by atoms with Crippen molar-refractivity contribution in [2.24, 2.45) is 0 Å². The first-order valence-corrected chi connectivity index (χ1v) is 7.66. The molecule has 1 fully saturated rings. The summed E-state index contributed by atoms with van der Waals surface area (Å²) in [6.07, 6.45) is 1.65. The van der Waals surface area contributed by atoms with Crippen LogP contribution < -0.4 is 5.32 Å². The molecule has 1 aliphatic heterocycles. The fourth-order valence-corrected chi connectivity index (χ4v) is 2.75. The minimum atomic E-state index is -0.478. The highest BCUT2D eigenvalue weighted by atomic mass is 35.5. The van der Waals surface area contributed by atoms with Crippen molar-refractivity contribution in [2.75, 3.05) is 0 Å². The second kappa shape index (κ2) is 5.74. The Morgan fingerprint density at radius 3 is 2.45 bits per heavy atom. The van der Waals surface area contributed by atoms with Crippen molar-refractivity contribution in [1.82, 2.24) is 10.2 Å². The second-order valence-electron chi connectivity index (χ2n) is 5.75. The zero-order chi connectivity index (χ0) is 14.9. The van der Waals surface area contributed by atoms with E-state index in [0.29, 0.717) is 5.02 Å². The smallest absolute Gasteiger partial charge is 0.244 e. The van der Waals surface area contributed by atoms with E-state index in [0.717, 1.165) is 18.4 Å². The molecular formula is C16H23ClN2O. The number of nitrogens with zero attached hydrogens (tertiary/aromatic N) is 1. The van der Waals surface area contributed by atoms with E-state index in [-0.39, 0.29) is 18.1 Å². The molecule has 20 heavy (non-hydrogen) atoms. The molecule has 3 nitrogen and oxygen atoms in total. The molecule has 1 heterocycles. The molecule has 0 radical (unpaired) electrons. The molecule has 1 saturated heterocycles. The summed E-state index contributed by atoms with van der Waals surface area (Å²) >= 11 is 5.96. The van der Waals surface area contributed by atoms with E-state index in [1.165, 1.54) is 0 Å². The van der Waals surface area contributed by atoms with Crippen LogP contribution >= 0.6 is 11.6 Å². The average Bonchev–Trinajstić information content (AvgIpc) is 2.72. The largest absolute Gasteiger partial charge is 0.319 e. The third-order valence-electron chi connectivity index (χ3n) is 4.40. The monoisotopic (exact) mass is 294 g/mol. The molecule has 0 saturated carbocycles. The highest BCUT2D eigenvalue weighted by molar-refractivity contribution is 6.30. The molecule has 2 rings (SSSR count). The van der Waals surface area contributed by atoms with Crippen molar-refractivity contribution in [1.29, 1.82) is 0 Å². The Morgan fingerprint density at radius 2 is 1.95 bits per heavy atom. The molecule has 3 atom stereocenters. The number of hydrogen-bond acceptors (Lipinski definition) is 2. The predicted molar refractivity (Wildman–Crippen MR) is 82.6 cm³/mol. The van der Waals surface area contributed by atoms with Gasteiger partial charge in [0.05, 0.1) is 5.54 Å². The molecule has 1 aliphatic rings. The van der Waals surface area contributed by atoms with Crippen molar-refractivity contribution in [2.45, 2.75) is 58.3 Å². The van der Waals surface area contributed by atoms with Crippen LogP contribution in [0.5, 0.6) is 0 Å². The molecule has 0 spiro atoms.